The fraction of sp³-hybridized carbons (Fsp3) is 0.533. The molecule has 0 spiro atoms. The number of nitrogens with zero attached hydrogens (tertiary/aromatic N) is 3. The average molecular weight is 256 g/mol. The number of hydrogen-bond donors (Lipinski definition) is 1. The summed E-state index contributed by atoms with van der Waals surface area (Å²) in [6.07, 6.45) is 0. The van der Waals surface area contributed by atoms with Crippen LogP contribution in [0.5, 0.6) is 0 Å². The Morgan fingerprint density at radius 2 is 1.79 bits per heavy atom. The lowest BCUT2D eigenvalue weighted by Crippen LogP contribution is -2.61. The molecule has 2 fully saturated rings. The summed E-state index contributed by atoms with van der Waals surface area (Å²) in [6.45, 7) is 7.99. The van der Waals surface area contributed by atoms with Crippen LogP contribution < -0.4 is 5.32 Å². The summed E-state index contributed by atoms with van der Waals surface area (Å²) in [7, 11) is 0. The molecule has 0 aliphatic carbocycles. The standard InChI is InChI=1S/C15H20N4/c16-9-13-1-3-14(4-2-13)12-18-5-7-19(8-6-18)15-10-17-11-15/h1-4,15,17H,5-8,10-12H2. The zero-order valence-electron chi connectivity index (χ0n) is 11.2. The maximum Gasteiger partial charge on any atom is 0.0991 e. The molecule has 1 aromatic rings. The Bertz CT molecular complexity index is 450. The monoisotopic (exact) mass is 256 g/mol. The van der Waals surface area contributed by atoms with Crippen molar-refractivity contribution < 1.29 is 0 Å². The predicted molar refractivity (Wildman–Crippen MR) is 74.7 cm³/mol. The number of piperazine rings is 1. The highest BCUT2D eigenvalue weighted by Crippen LogP contribution is 2.13. The summed E-state index contributed by atoms with van der Waals surface area (Å²) in [5.41, 5.74) is 2.05. The molecule has 2 heterocycles. The molecule has 2 saturated heterocycles. The van der Waals surface area contributed by atoms with Crippen molar-refractivity contribution in [3.63, 3.8) is 0 Å². The second kappa shape index (κ2) is 5.70. The third-order valence-corrected chi connectivity index (χ3v) is 4.17. The van der Waals surface area contributed by atoms with E-state index in [-0.39, 0.29) is 0 Å². The van der Waals surface area contributed by atoms with Gasteiger partial charge in [0.1, 0.15) is 0 Å². The molecule has 100 valence electrons. The van der Waals surface area contributed by atoms with Gasteiger partial charge in [-0.15, -0.1) is 0 Å². The number of nitrogens with one attached hydrogen (secondary N) is 1. The molecular weight excluding hydrogens is 236 g/mol. The van der Waals surface area contributed by atoms with Crippen LogP contribution >= 0.6 is 0 Å². The molecule has 19 heavy (non-hydrogen) atoms. The van der Waals surface area contributed by atoms with E-state index in [1.54, 1.807) is 0 Å². The van der Waals surface area contributed by atoms with Crippen LogP contribution in [0.25, 0.3) is 0 Å². The van der Waals surface area contributed by atoms with Gasteiger partial charge in [-0.2, -0.15) is 5.26 Å². The van der Waals surface area contributed by atoms with Crippen molar-refractivity contribution in [2.24, 2.45) is 0 Å². The molecule has 0 amide bonds. The number of nitriles is 1. The Hall–Kier alpha value is -1.41. The summed E-state index contributed by atoms with van der Waals surface area (Å²) in [6, 6.07) is 10.9. The molecule has 0 atom stereocenters. The van der Waals surface area contributed by atoms with Crippen LogP contribution in [-0.2, 0) is 6.54 Å². The van der Waals surface area contributed by atoms with Crippen molar-refractivity contribution in [3.8, 4) is 6.07 Å². The minimum atomic E-state index is 0.742. The van der Waals surface area contributed by atoms with Crippen LogP contribution in [0, 0.1) is 11.3 Å². The van der Waals surface area contributed by atoms with Gasteiger partial charge in [-0.1, -0.05) is 12.1 Å². The quantitative estimate of drug-likeness (QED) is 0.862. The van der Waals surface area contributed by atoms with Crippen LogP contribution in [0.2, 0.25) is 0 Å². The summed E-state index contributed by atoms with van der Waals surface area (Å²) in [5.74, 6) is 0. The highest BCUT2D eigenvalue weighted by Gasteiger charge is 2.27. The summed E-state index contributed by atoms with van der Waals surface area (Å²) in [5, 5.41) is 12.1. The van der Waals surface area contributed by atoms with Gasteiger partial charge in [0.2, 0.25) is 0 Å². The Morgan fingerprint density at radius 3 is 2.32 bits per heavy atom. The molecule has 2 aliphatic rings. The van der Waals surface area contributed by atoms with E-state index < -0.39 is 0 Å². The summed E-state index contributed by atoms with van der Waals surface area (Å²) in [4.78, 5) is 5.11. The van der Waals surface area contributed by atoms with Crippen molar-refractivity contribution in [3.05, 3.63) is 35.4 Å². The molecule has 0 unspecified atom stereocenters. The lowest BCUT2D eigenvalue weighted by molar-refractivity contribution is 0.0695. The molecule has 4 heteroatoms. The van der Waals surface area contributed by atoms with Crippen molar-refractivity contribution in [1.82, 2.24) is 15.1 Å². The highest BCUT2D eigenvalue weighted by atomic mass is 15.3. The number of benzene rings is 1. The zero-order valence-corrected chi connectivity index (χ0v) is 11.2. The normalized spacial score (nSPS) is 21.8. The van der Waals surface area contributed by atoms with Gasteiger partial charge in [0.25, 0.3) is 0 Å². The van der Waals surface area contributed by atoms with E-state index in [9.17, 15) is 0 Å². The summed E-state index contributed by atoms with van der Waals surface area (Å²) < 4.78 is 0. The first kappa shape index (κ1) is 12.6. The van der Waals surface area contributed by atoms with Gasteiger partial charge in [-0.25, -0.2) is 0 Å². The molecule has 2 aliphatic heterocycles. The van der Waals surface area contributed by atoms with Crippen molar-refractivity contribution in [1.29, 1.82) is 5.26 Å². The van der Waals surface area contributed by atoms with Crippen LogP contribution in [0.1, 0.15) is 11.1 Å². The fourth-order valence-electron chi connectivity index (χ4n) is 2.76. The number of hydrogen-bond acceptors (Lipinski definition) is 4. The smallest absolute Gasteiger partial charge is 0.0991 e. The predicted octanol–water partition coefficient (Wildman–Crippen LogP) is 0.648. The van der Waals surface area contributed by atoms with E-state index in [1.807, 2.05) is 12.1 Å². The molecule has 0 radical (unpaired) electrons. The Labute approximate surface area is 114 Å². The topological polar surface area (TPSA) is 42.3 Å². The SMILES string of the molecule is N#Cc1ccc(CN2CCN(C3CNC3)CC2)cc1. The van der Waals surface area contributed by atoms with Gasteiger partial charge in [0.05, 0.1) is 11.6 Å². The van der Waals surface area contributed by atoms with Gasteiger partial charge in [0, 0.05) is 51.9 Å². The van der Waals surface area contributed by atoms with Crippen molar-refractivity contribution >= 4 is 0 Å². The second-order valence-electron chi connectivity index (χ2n) is 5.43. The summed E-state index contributed by atoms with van der Waals surface area (Å²) >= 11 is 0. The molecule has 1 N–H and O–H groups in total. The third kappa shape index (κ3) is 2.95. The third-order valence-electron chi connectivity index (χ3n) is 4.17. The van der Waals surface area contributed by atoms with Crippen LogP contribution in [0.15, 0.2) is 24.3 Å². The van der Waals surface area contributed by atoms with Crippen molar-refractivity contribution in [2.75, 3.05) is 39.3 Å². The molecule has 0 aromatic heterocycles. The molecule has 0 saturated carbocycles. The Kier molecular flexibility index (Phi) is 3.79. The van der Waals surface area contributed by atoms with Crippen LogP contribution in [-0.4, -0.2) is 55.1 Å². The van der Waals surface area contributed by atoms with E-state index >= 15 is 0 Å². The van der Waals surface area contributed by atoms with Gasteiger partial charge in [-0.3, -0.25) is 9.80 Å². The zero-order chi connectivity index (χ0) is 13.1. The molecule has 0 bridgehead atoms. The molecule has 4 nitrogen and oxygen atoms in total. The maximum atomic E-state index is 8.79. The second-order valence-corrected chi connectivity index (χ2v) is 5.43. The first-order chi connectivity index (χ1) is 9.35. The Balaban J connectivity index is 1.49. The molecule has 3 rings (SSSR count). The maximum absolute atomic E-state index is 8.79. The number of rotatable bonds is 3. The van der Waals surface area contributed by atoms with E-state index in [0.29, 0.717) is 0 Å². The van der Waals surface area contributed by atoms with Crippen LogP contribution in [0.4, 0.5) is 0 Å². The fourth-order valence-corrected chi connectivity index (χ4v) is 2.76. The minimum Gasteiger partial charge on any atom is -0.314 e. The lowest BCUT2D eigenvalue weighted by Gasteiger charge is -2.43. The first-order valence-electron chi connectivity index (χ1n) is 7.01. The van der Waals surface area contributed by atoms with Crippen molar-refractivity contribution in [2.45, 2.75) is 12.6 Å². The first-order valence-corrected chi connectivity index (χ1v) is 7.01. The highest BCUT2D eigenvalue weighted by molar-refractivity contribution is 5.31. The van der Waals surface area contributed by atoms with Gasteiger partial charge < -0.3 is 5.32 Å². The average Bonchev–Trinajstić information content (AvgIpc) is 2.40. The van der Waals surface area contributed by atoms with Gasteiger partial charge in [0.15, 0.2) is 0 Å². The molecular formula is C15H20N4. The Morgan fingerprint density at radius 1 is 1.11 bits per heavy atom. The van der Waals surface area contributed by atoms with E-state index in [1.165, 1.54) is 18.7 Å². The van der Waals surface area contributed by atoms with E-state index in [4.69, 9.17) is 5.26 Å². The van der Waals surface area contributed by atoms with Gasteiger partial charge in [-0.05, 0) is 17.7 Å². The lowest BCUT2D eigenvalue weighted by atomic mass is 10.1. The van der Waals surface area contributed by atoms with Gasteiger partial charge >= 0.3 is 0 Å². The van der Waals surface area contributed by atoms with Crippen LogP contribution in [0.3, 0.4) is 0 Å². The minimum absolute atomic E-state index is 0.742. The largest absolute Gasteiger partial charge is 0.314 e. The van der Waals surface area contributed by atoms with E-state index in [0.717, 1.165) is 44.3 Å². The van der Waals surface area contributed by atoms with E-state index in [2.05, 4.69) is 33.3 Å². The molecule has 1 aromatic carbocycles.